The molecule has 3 aliphatic rings. The first kappa shape index (κ1) is 19.7. The molecular formula is C21H21ClFN3O3. The number of carbonyl (C=O) groups is 1. The number of halogens is 2. The van der Waals surface area contributed by atoms with Crippen LogP contribution < -0.4 is 5.32 Å². The minimum absolute atomic E-state index is 0.0337. The number of pyridine rings is 1. The second-order valence-electron chi connectivity index (χ2n) is 7.53. The molecule has 0 aliphatic heterocycles. The fourth-order valence-electron chi connectivity index (χ4n) is 4.78. The van der Waals surface area contributed by atoms with Gasteiger partial charge < -0.3 is 14.5 Å². The molecule has 5 rings (SSSR count). The highest BCUT2D eigenvalue weighted by Crippen LogP contribution is 2.47. The molecule has 3 fully saturated rings. The SMILES string of the molecule is CCOC(=O)[C@H]1C2CCC(CC2)[C@@H]1Nc1nc(Cl)c(C#N)c(-c2ccco2)c1F. The Morgan fingerprint density at radius 3 is 2.76 bits per heavy atom. The van der Waals surface area contributed by atoms with E-state index < -0.39 is 5.82 Å². The van der Waals surface area contributed by atoms with Crippen LogP contribution in [0.3, 0.4) is 0 Å². The molecule has 3 aliphatic carbocycles. The fourth-order valence-corrected chi connectivity index (χ4v) is 5.00. The first-order valence-electron chi connectivity index (χ1n) is 9.81. The molecule has 0 amide bonds. The first-order chi connectivity index (χ1) is 14.0. The van der Waals surface area contributed by atoms with Gasteiger partial charge in [-0.15, -0.1) is 0 Å². The van der Waals surface area contributed by atoms with Crippen molar-refractivity contribution in [2.45, 2.75) is 38.6 Å². The lowest BCUT2D eigenvalue weighted by Crippen LogP contribution is -2.52. The van der Waals surface area contributed by atoms with E-state index in [9.17, 15) is 10.1 Å². The van der Waals surface area contributed by atoms with Crippen molar-refractivity contribution in [3.05, 3.63) is 34.9 Å². The number of furan rings is 1. The van der Waals surface area contributed by atoms with E-state index in [1.807, 2.05) is 6.07 Å². The lowest BCUT2D eigenvalue weighted by Gasteiger charge is -2.47. The summed E-state index contributed by atoms with van der Waals surface area (Å²) in [4.78, 5) is 16.7. The largest absolute Gasteiger partial charge is 0.466 e. The van der Waals surface area contributed by atoms with Crippen LogP contribution in [0.2, 0.25) is 5.15 Å². The number of ether oxygens (including phenoxy) is 1. The number of fused-ring (bicyclic) bond motifs is 3. The Morgan fingerprint density at radius 2 is 2.14 bits per heavy atom. The molecule has 2 bridgehead atoms. The van der Waals surface area contributed by atoms with Crippen LogP contribution in [0.25, 0.3) is 11.3 Å². The third kappa shape index (κ3) is 3.46. The fraction of sp³-hybridized carbons (Fsp3) is 0.476. The van der Waals surface area contributed by atoms with Gasteiger partial charge in [-0.3, -0.25) is 4.79 Å². The van der Waals surface area contributed by atoms with Crippen molar-refractivity contribution in [2.75, 3.05) is 11.9 Å². The predicted molar refractivity (Wildman–Crippen MR) is 105 cm³/mol. The zero-order valence-corrected chi connectivity index (χ0v) is 16.7. The van der Waals surface area contributed by atoms with Crippen LogP contribution in [0.15, 0.2) is 22.8 Å². The summed E-state index contributed by atoms with van der Waals surface area (Å²) >= 11 is 6.20. The van der Waals surface area contributed by atoms with Crippen LogP contribution in [0.5, 0.6) is 0 Å². The predicted octanol–water partition coefficient (Wildman–Crippen LogP) is 4.79. The van der Waals surface area contributed by atoms with E-state index in [1.165, 1.54) is 6.26 Å². The van der Waals surface area contributed by atoms with E-state index in [1.54, 1.807) is 19.1 Å². The Morgan fingerprint density at radius 1 is 1.41 bits per heavy atom. The summed E-state index contributed by atoms with van der Waals surface area (Å²) in [6.45, 7) is 2.08. The van der Waals surface area contributed by atoms with Gasteiger partial charge in [0.2, 0.25) is 0 Å². The van der Waals surface area contributed by atoms with Gasteiger partial charge in [0.15, 0.2) is 11.6 Å². The highest BCUT2D eigenvalue weighted by atomic mass is 35.5. The number of anilines is 1. The van der Waals surface area contributed by atoms with Gasteiger partial charge in [0.05, 0.1) is 24.4 Å². The van der Waals surface area contributed by atoms with E-state index in [2.05, 4.69) is 10.3 Å². The van der Waals surface area contributed by atoms with Crippen LogP contribution >= 0.6 is 11.6 Å². The van der Waals surface area contributed by atoms with Gasteiger partial charge in [0.25, 0.3) is 0 Å². The van der Waals surface area contributed by atoms with Crippen molar-refractivity contribution in [2.24, 2.45) is 17.8 Å². The molecule has 0 aromatic carbocycles. The maximum Gasteiger partial charge on any atom is 0.311 e. The maximum absolute atomic E-state index is 15.4. The molecule has 0 saturated heterocycles. The summed E-state index contributed by atoms with van der Waals surface area (Å²) in [5, 5.41) is 12.5. The molecule has 1 N–H and O–H groups in total. The maximum atomic E-state index is 15.4. The van der Waals surface area contributed by atoms with Crippen LogP contribution in [0.4, 0.5) is 10.2 Å². The summed E-state index contributed by atoms with van der Waals surface area (Å²) in [5.74, 6) is -0.790. The molecule has 29 heavy (non-hydrogen) atoms. The van der Waals surface area contributed by atoms with Gasteiger partial charge in [-0.2, -0.15) is 5.26 Å². The lowest BCUT2D eigenvalue weighted by molar-refractivity contribution is -0.154. The van der Waals surface area contributed by atoms with Gasteiger partial charge in [0, 0.05) is 6.04 Å². The number of nitrogens with zero attached hydrogens (tertiary/aromatic N) is 2. The number of hydrogen-bond donors (Lipinski definition) is 1. The lowest BCUT2D eigenvalue weighted by atomic mass is 9.61. The van der Waals surface area contributed by atoms with Crippen molar-refractivity contribution >= 4 is 23.4 Å². The molecular weight excluding hydrogens is 397 g/mol. The van der Waals surface area contributed by atoms with Gasteiger partial charge in [-0.1, -0.05) is 11.6 Å². The van der Waals surface area contributed by atoms with E-state index in [0.717, 1.165) is 25.7 Å². The minimum atomic E-state index is -0.718. The molecule has 3 saturated carbocycles. The number of hydrogen-bond acceptors (Lipinski definition) is 6. The normalized spacial score (nSPS) is 25.4. The van der Waals surface area contributed by atoms with Gasteiger partial charge in [-0.05, 0) is 56.6 Å². The molecule has 8 heteroatoms. The Balaban J connectivity index is 1.73. The standard InChI is InChI=1S/C21H21ClFN3O3/c1-2-28-21(27)15-11-5-7-12(8-6-11)18(15)25-20-17(23)16(14-4-3-9-29-14)13(10-24)19(22)26-20/h3-4,9,11-12,15,18H,2,5-8H2,1H3,(H,25,26)/t11?,12?,15-,18-/m0/s1. The minimum Gasteiger partial charge on any atom is -0.466 e. The average Bonchev–Trinajstić information content (AvgIpc) is 3.25. The monoisotopic (exact) mass is 417 g/mol. The van der Waals surface area contributed by atoms with E-state index in [0.29, 0.717) is 6.61 Å². The first-order valence-corrected chi connectivity index (χ1v) is 10.2. The molecule has 6 nitrogen and oxygen atoms in total. The molecule has 2 atom stereocenters. The van der Waals surface area contributed by atoms with Crippen molar-refractivity contribution in [1.82, 2.24) is 4.98 Å². The second kappa shape index (κ2) is 8.03. The Labute approximate surface area is 173 Å². The number of esters is 1. The molecule has 2 aromatic heterocycles. The molecule has 0 radical (unpaired) electrons. The summed E-state index contributed by atoms with van der Waals surface area (Å²) in [6, 6.07) is 4.77. The van der Waals surface area contributed by atoms with Crippen LogP contribution in [0, 0.1) is 34.9 Å². The van der Waals surface area contributed by atoms with Gasteiger partial charge in [0.1, 0.15) is 22.5 Å². The number of aromatic nitrogens is 1. The van der Waals surface area contributed by atoms with Crippen LogP contribution in [0.1, 0.15) is 38.2 Å². The van der Waals surface area contributed by atoms with Gasteiger partial charge in [-0.25, -0.2) is 9.37 Å². The average molecular weight is 418 g/mol. The Kier molecular flexibility index (Phi) is 5.46. The van der Waals surface area contributed by atoms with E-state index in [4.69, 9.17) is 20.8 Å². The molecule has 0 spiro atoms. The summed E-state index contributed by atoms with van der Waals surface area (Å²) in [5.41, 5.74) is -0.120. The quantitative estimate of drug-likeness (QED) is 0.556. The third-order valence-corrected chi connectivity index (χ3v) is 6.33. The highest BCUT2D eigenvalue weighted by Gasteiger charge is 2.48. The number of nitrogens with one attached hydrogen (secondary N) is 1. The van der Waals surface area contributed by atoms with Crippen molar-refractivity contribution in [3.63, 3.8) is 0 Å². The number of rotatable bonds is 5. The van der Waals surface area contributed by atoms with Crippen LogP contribution in [-0.2, 0) is 9.53 Å². The smallest absolute Gasteiger partial charge is 0.311 e. The number of carbonyl (C=O) groups excluding carboxylic acids is 1. The molecule has 2 aromatic rings. The van der Waals surface area contributed by atoms with Crippen molar-refractivity contribution in [3.8, 4) is 17.4 Å². The second-order valence-corrected chi connectivity index (χ2v) is 7.89. The molecule has 152 valence electrons. The van der Waals surface area contributed by atoms with E-state index in [-0.39, 0.29) is 57.6 Å². The highest BCUT2D eigenvalue weighted by molar-refractivity contribution is 6.31. The summed E-state index contributed by atoms with van der Waals surface area (Å²) in [7, 11) is 0. The molecule has 2 heterocycles. The van der Waals surface area contributed by atoms with Crippen molar-refractivity contribution in [1.29, 1.82) is 5.26 Å². The summed E-state index contributed by atoms with van der Waals surface area (Å²) < 4.78 is 26.0. The van der Waals surface area contributed by atoms with E-state index >= 15 is 4.39 Å². The van der Waals surface area contributed by atoms with Crippen molar-refractivity contribution < 1.29 is 18.3 Å². The zero-order valence-electron chi connectivity index (χ0n) is 16.0. The topological polar surface area (TPSA) is 88.1 Å². The summed E-state index contributed by atoms with van der Waals surface area (Å²) in [6.07, 6.45) is 5.26. The zero-order chi connectivity index (χ0) is 20.5. The molecule has 0 unspecified atom stereocenters. The Bertz CT molecular complexity index is 949. The van der Waals surface area contributed by atoms with Gasteiger partial charge >= 0.3 is 5.97 Å². The Hall–Kier alpha value is -2.59. The third-order valence-electron chi connectivity index (χ3n) is 6.05. The number of nitriles is 1. The van der Waals surface area contributed by atoms with Crippen LogP contribution in [-0.4, -0.2) is 23.6 Å².